The van der Waals surface area contributed by atoms with E-state index in [2.05, 4.69) is 38.6 Å². The third-order valence-corrected chi connectivity index (χ3v) is 4.09. The molecule has 0 saturated carbocycles. The van der Waals surface area contributed by atoms with E-state index >= 15 is 0 Å². The highest BCUT2D eigenvalue weighted by Gasteiger charge is 2.38. The molecule has 2 aromatic rings. The number of esters is 1. The van der Waals surface area contributed by atoms with Crippen LogP contribution < -0.4 is 4.74 Å². The molecule has 0 atom stereocenters. The molecular weight excluding hydrogens is 260 g/mol. The number of benzene rings is 2. The first-order chi connectivity index (χ1) is 9.93. The highest BCUT2D eigenvalue weighted by atomic mass is 16.5. The highest BCUT2D eigenvalue weighted by molar-refractivity contribution is 5.90. The SMILES string of the molecule is C=C(C)C(=O)Oc1cccc2c1C(C)(C)c1ccccc1-2. The molecule has 0 aromatic heterocycles. The van der Waals surface area contributed by atoms with Crippen LogP contribution in [-0.2, 0) is 10.2 Å². The van der Waals surface area contributed by atoms with Crippen LogP contribution >= 0.6 is 0 Å². The lowest BCUT2D eigenvalue weighted by Gasteiger charge is -2.23. The molecule has 21 heavy (non-hydrogen) atoms. The number of ether oxygens (including phenoxy) is 1. The predicted octanol–water partition coefficient (Wildman–Crippen LogP) is 4.47. The maximum Gasteiger partial charge on any atom is 0.338 e. The molecule has 0 radical (unpaired) electrons. The minimum absolute atomic E-state index is 0.183. The number of hydrogen-bond donors (Lipinski definition) is 0. The second kappa shape index (κ2) is 4.59. The summed E-state index contributed by atoms with van der Waals surface area (Å²) in [4.78, 5) is 11.9. The van der Waals surface area contributed by atoms with Gasteiger partial charge < -0.3 is 4.74 Å². The summed E-state index contributed by atoms with van der Waals surface area (Å²) in [7, 11) is 0. The molecule has 0 amide bonds. The van der Waals surface area contributed by atoms with Crippen molar-refractivity contribution < 1.29 is 9.53 Å². The molecule has 0 heterocycles. The van der Waals surface area contributed by atoms with Gasteiger partial charge in [-0.25, -0.2) is 4.79 Å². The van der Waals surface area contributed by atoms with Crippen molar-refractivity contribution in [2.45, 2.75) is 26.2 Å². The van der Waals surface area contributed by atoms with Crippen LogP contribution in [0.15, 0.2) is 54.6 Å². The molecule has 0 N–H and O–H groups in total. The molecule has 2 nitrogen and oxygen atoms in total. The Morgan fingerprint density at radius 3 is 2.43 bits per heavy atom. The first kappa shape index (κ1) is 13.6. The van der Waals surface area contributed by atoms with Gasteiger partial charge in [0.1, 0.15) is 5.75 Å². The number of fused-ring (bicyclic) bond motifs is 3. The van der Waals surface area contributed by atoms with Gasteiger partial charge in [0.2, 0.25) is 0 Å². The molecule has 0 fully saturated rings. The largest absolute Gasteiger partial charge is 0.423 e. The average molecular weight is 278 g/mol. The van der Waals surface area contributed by atoms with Gasteiger partial charge in [-0.15, -0.1) is 0 Å². The van der Waals surface area contributed by atoms with E-state index < -0.39 is 0 Å². The number of rotatable bonds is 2. The minimum Gasteiger partial charge on any atom is -0.423 e. The molecule has 0 aliphatic heterocycles. The first-order valence-electron chi connectivity index (χ1n) is 7.04. The van der Waals surface area contributed by atoms with Crippen molar-refractivity contribution in [2.24, 2.45) is 0 Å². The standard InChI is InChI=1S/C19H18O2/c1-12(2)18(20)21-16-11-7-9-14-13-8-5-6-10-15(13)19(3,4)17(14)16/h5-11H,1H2,2-4H3. The van der Waals surface area contributed by atoms with Crippen LogP contribution in [0.4, 0.5) is 0 Å². The van der Waals surface area contributed by atoms with Gasteiger partial charge in [-0.3, -0.25) is 0 Å². The fourth-order valence-electron chi connectivity index (χ4n) is 3.07. The van der Waals surface area contributed by atoms with Crippen molar-refractivity contribution in [1.82, 2.24) is 0 Å². The van der Waals surface area contributed by atoms with Gasteiger partial charge in [0.25, 0.3) is 0 Å². The molecule has 2 heteroatoms. The monoisotopic (exact) mass is 278 g/mol. The summed E-state index contributed by atoms with van der Waals surface area (Å²) in [6, 6.07) is 14.2. The van der Waals surface area contributed by atoms with Gasteiger partial charge in [-0.1, -0.05) is 56.8 Å². The Bertz CT molecular complexity index is 754. The van der Waals surface area contributed by atoms with E-state index in [1.165, 1.54) is 11.1 Å². The summed E-state index contributed by atoms with van der Waals surface area (Å²) in [6.07, 6.45) is 0. The first-order valence-corrected chi connectivity index (χ1v) is 7.04. The van der Waals surface area contributed by atoms with Gasteiger partial charge in [-0.2, -0.15) is 0 Å². The van der Waals surface area contributed by atoms with E-state index in [0.717, 1.165) is 11.1 Å². The van der Waals surface area contributed by atoms with Gasteiger partial charge in [-0.05, 0) is 29.7 Å². The fourth-order valence-corrected chi connectivity index (χ4v) is 3.07. The molecule has 3 rings (SSSR count). The molecule has 0 saturated heterocycles. The Balaban J connectivity index is 2.19. The van der Waals surface area contributed by atoms with Crippen molar-refractivity contribution in [3.63, 3.8) is 0 Å². The second-order valence-electron chi connectivity index (χ2n) is 6.02. The van der Waals surface area contributed by atoms with Crippen LogP contribution in [0.2, 0.25) is 0 Å². The predicted molar refractivity (Wildman–Crippen MR) is 84.5 cm³/mol. The summed E-state index contributed by atoms with van der Waals surface area (Å²) < 4.78 is 5.55. The van der Waals surface area contributed by atoms with Gasteiger partial charge >= 0.3 is 5.97 Å². The Morgan fingerprint density at radius 1 is 1.05 bits per heavy atom. The Labute approximate surface area is 125 Å². The van der Waals surface area contributed by atoms with Crippen LogP contribution in [0.5, 0.6) is 5.75 Å². The highest BCUT2D eigenvalue weighted by Crippen LogP contribution is 2.51. The lowest BCUT2D eigenvalue weighted by molar-refractivity contribution is -0.130. The zero-order valence-electron chi connectivity index (χ0n) is 12.6. The van der Waals surface area contributed by atoms with E-state index in [4.69, 9.17) is 4.74 Å². The lowest BCUT2D eigenvalue weighted by atomic mass is 9.82. The molecule has 2 aromatic carbocycles. The normalized spacial score (nSPS) is 14.2. The summed E-state index contributed by atoms with van der Waals surface area (Å²) in [5.74, 6) is 0.247. The van der Waals surface area contributed by atoms with Crippen molar-refractivity contribution in [1.29, 1.82) is 0 Å². The fraction of sp³-hybridized carbons (Fsp3) is 0.211. The summed E-state index contributed by atoms with van der Waals surface area (Å²) in [5, 5.41) is 0. The van der Waals surface area contributed by atoms with Crippen molar-refractivity contribution in [3.8, 4) is 16.9 Å². The second-order valence-corrected chi connectivity index (χ2v) is 6.02. The molecule has 1 aliphatic carbocycles. The molecule has 0 unspecified atom stereocenters. The maximum atomic E-state index is 11.9. The van der Waals surface area contributed by atoms with E-state index in [1.807, 2.05) is 24.3 Å². The smallest absolute Gasteiger partial charge is 0.338 e. The quantitative estimate of drug-likeness (QED) is 0.460. The summed E-state index contributed by atoms with van der Waals surface area (Å²) in [6.45, 7) is 9.63. The zero-order valence-corrected chi connectivity index (χ0v) is 12.6. The van der Waals surface area contributed by atoms with E-state index in [1.54, 1.807) is 6.92 Å². The third-order valence-electron chi connectivity index (χ3n) is 4.09. The van der Waals surface area contributed by atoms with Crippen molar-refractivity contribution in [3.05, 3.63) is 65.7 Å². The zero-order chi connectivity index (χ0) is 15.2. The number of hydrogen-bond acceptors (Lipinski definition) is 2. The van der Waals surface area contributed by atoms with Crippen molar-refractivity contribution in [2.75, 3.05) is 0 Å². The van der Waals surface area contributed by atoms with Gasteiger partial charge in [0.15, 0.2) is 0 Å². The van der Waals surface area contributed by atoms with Crippen LogP contribution in [0.3, 0.4) is 0 Å². The lowest BCUT2D eigenvalue weighted by Crippen LogP contribution is -2.18. The topological polar surface area (TPSA) is 26.3 Å². The summed E-state index contributed by atoms with van der Waals surface area (Å²) >= 11 is 0. The van der Waals surface area contributed by atoms with Crippen LogP contribution in [0.25, 0.3) is 11.1 Å². The molecule has 0 bridgehead atoms. The average Bonchev–Trinajstić information content (AvgIpc) is 2.69. The van der Waals surface area contributed by atoms with Gasteiger partial charge in [0.05, 0.1) is 0 Å². The maximum absolute atomic E-state index is 11.9. The molecular formula is C19H18O2. The third kappa shape index (κ3) is 1.99. The molecule has 106 valence electrons. The molecule has 1 aliphatic rings. The Hall–Kier alpha value is -2.35. The Morgan fingerprint density at radius 2 is 1.71 bits per heavy atom. The number of carbonyl (C=O) groups is 1. The summed E-state index contributed by atoms with van der Waals surface area (Å²) in [5.41, 5.74) is 4.91. The Kier molecular flexibility index (Phi) is 2.98. The molecule has 0 spiro atoms. The van der Waals surface area contributed by atoms with Crippen LogP contribution in [0, 0.1) is 0 Å². The minimum atomic E-state index is -0.379. The van der Waals surface area contributed by atoms with Crippen LogP contribution in [-0.4, -0.2) is 5.97 Å². The van der Waals surface area contributed by atoms with E-state index in [-0.39, 0.29) is 11.4 Å². The van der Waals surface area contributed by atoms with E-state index in [0.29, 0.717) is 11.3 Å². The van der Waals surface area contributed by atoms with Gasteiger partial charge in [0, 0.05) is 16.6 Å². The number of carbonyl (C=O) groups excluding carboxylic acids is 1. The van der Waals surface area contributed by atoms with Crippen molar-refractivity contribution >= 4 is 5.97 Å². The van der Waals surface area contributed by atoms with E-state index in [9.17, 15) is 4.79 Å². The van der Waals surface area contributed by atoms with Crippen LogP contribution in [0.1, 0.15) is 31.9 Å².